The van der Waals surface area contributed by atoms with Crippen molar-refractivity contribution in [2.45, 2.75) is 51.8 Å². The second kappa shape index (κ2) is 5.92. The maximum Gasteiger partial charge on any atom is 0.287 e. The summed E-state index contributed by atoms with van der Waals surface area (Å²) in [6.45, 7) is 6.58. The Bertz CT molecular complexity index is 501. The molecule has 2 atom stereocenters. The van der Waals surface area contributed by atoms with Crippen molar-refractivity contribution in [1.82, 2.24) is 9.78 Å². The average molecular weight is 286 g/mol. The Hall–Kier alpha value is -1.07. The lowest BCUT2D eigenvalue weighted by Crippen LogP contribution is -2.34. The highest BCUT2D eigenvalue weighted by molar-refractivity contribution is 6.32. The fourth-order valence-corrected chi connectivity index (χ4v) is 2.45. The molecule has 5 nitrogen and oxygen atoms in total. The third-order valence-corrected chi connectivity index (χ3v) is 3.64. The summed E-state index contributed by atoms with van der Waals surface area (Å²) >= 11 is 6.13. The first-order valence-corrected chi connectivity index (χ1v) is 7.02. The summed E-state index contributed by atoms with van der Waals surface area (Å²) in [5.74, 6) is 0. The van der Waals surface area contributed by atoms with Crippen LogP contribution in [0.3, 0.4) is 0 Å². The summed E-state index contributed by atoms with van der Waals surface area (Å²) in [4.78, 5) is 12.0. The van der Waals surface area contributed by atoms with Gasteiger partial charge >= 0.3 is 0 Å². The minimum Gasteiger partial charge on any atom is -0.379 e. The van der Waals surface area contributed by atoms with Gasteiger partial charge in [-0.25, -0.2) is 4.68 Å². The van der Waals surface area contributed by atoms with Crippen molar-refractivity contribution in [1.29, 1.82) is 0 Å². The Morgan fingerprint density at radius 2 is 2.32 bits per heavy atom. The molecule has 1 aliphatic rings. The molecule has 0 bridgehead atoms. The number of aromatic nitrogens is 2. The number of rotatable bonds is 3. The highest BCUT2D eigenvalue weighted by Gasteiger charge is 2.21. The molecule has 0 spiro atoms. The van der Waals surface area contributed by atoms with Gasteiger partial charge in [-0.1, -0.05) is 11.6 Å². The van der Waals surface area contributed by atoms with Gasteiger partial charge in [0.25, 0.3) is 5.56 Å². The number of halogens is 1. The molecular weight excluding hydrogens is 266 g/mol. The van der Waals surface area contributed by atoms with E-state index in [9.17, 15) is 4.79 Å². The van der Waals surface area contributed by atoms with Crippen molar-refractivity contribution in [2.24, 2.45) is 0 Å². The second-order valence-corrected chi connectivity index (χ2v) is 5.64. The molecule has 0 aliphatic carbocycles. The number of nitrogens with one attached hydrogen (secondary N) is 1. The van der Waals surface area contributed by atoms with E-state index in [2.05, 4.69) is 10.4 Å². The highest BCUT2D eigenvalue weighted by atomic mass is 35.5. The zero-order valence-corrected chi connectivity index (χ0v) is 12.3. The molecule has 19 heavy (non-hydrogen) atoms. The molecule has 2 rings (SSSR count). The first-order valence-electron chi connectivity index (χ1n) is 6.64. The Balaban J connectivity index is 2.17. The second-order valence-electron chi connectivity index (χ2n) is 5.26. The fourth-order valence-electron chi connectivity index (χ4n) is 2.26. The van der Waals surface area contributed by atoms with E-state index in [4.69, 9.17) is 16.3 Å². The van der Waals surface area contributed by atoms with Crippen LogP contribution in [-0.2, 0) is 4.74 Å². The van der Waals surface area contributed by atoms with Gasteiger partial charge in [-0.2, -0.15) is 5.10 Å². The smallest absolute Gasteiger partial charge is 0.287 e. The van der Waals surface area contributed by atoms with Gasteiger partial charge in [0.1, 0.15) is 5.02 Å². The summed E-state index contributed by atoms with van der Waals surface area (Å²) in [6.07, 6.45) is 3.68. The fraction of sp³-hybridized carbons (Fsp3) is 0.692. The minimum absolute atomic E-state index is 0.00199. The molecule has 1 N–H and O–H groups in total. The van der Waals surface area contributed by atoms with Gasteiger partial charge in [-0.05, 0) is 33.6 Å². The lowest BCUT2D eigenvalue weighted by atomic mass is 10.0. The van der Waals surface area contributed by atoms with Crippen LogP contribution < -0.4 is 10.9 Å². The summed E-state index contributed by atoms with van der Waals surface area (Å²) in [5.41, 5.74) is 0.365. The monoisotopic (exact) mass is 285 g/mol. The lowest BCUT2D eigenvalue weighted by Gasteiger charge is -2.28. The molecule has 2 unspecified atom stereocenters. The van der Waals surface area contributed by atoms with Crippen molar-refractivity contribution in [2.75, 3.05) is 11.9 Å². The van der Waals surface area contributed by atoms with Crippen molar-refractivity contribution in [3.05, 3.63) is 21.6 Å². The molecule has 1 fully saturated rings. The van der Waals surface area contributed by atoms with Crippen molar-refractivity contribution in [3.63, 3.8) is 0 Å². The van der Waals surface area contributed by atoms with E-state index in [1.54, 1.807) is 6.20 Å². The SMILES string of the molecule is CC1CC(Nc2cnn(C(C)C)c(=O)c2Cl)CCO1. The number of hydrogen-bond donors (Lipinski definition) is 1. The van der Waals surface area contributed by atoms with Crippen LogP contribution >= 0.6 is 11.6 Å². The maximum absolute atomic E-state index is 12.0. The highest BCUT2D eigenvalue weighted by Crippen LogP contribution is 2.22. The number of ether oxygens (including phenoxy) is 1. The molecular formula is C13H20ClN3O2. The van der Waals surface area contributed by atoms with E-state index < -0.39 is 0 Å². The minimum atomic E-state index is -0.248. The van der Waals surface area contributed by atoms with Gasteiger partial charge in [0, 0.05) is 12.6 Å². The standard InChI is InChI=1S/C13H20ClN3O2/c1-8(2)17-13(18)12(14)11(7-15-17)16-10-4-5-19-9(3)6-10/h7-10,16H,4-6H2,1-3H3. The first kappa shape index (κ1) is 14.3. The Morgan fingerprint density at radius 3 is 2.95 bits per heavy atom. The summed E-state index contributed by atoms with van der Waals surface area (Å²) < 4.78 is 6.88. The van der Waals surface area contributed by atoms with Gasteiger partial charge in [0.15, 0.2) is 0 Å². The zero-order valence-electron chi connectivity index (χ0n) is 11.5. The molecule has 1 saturated heterocycles. The van der Waals surface area contributed by atoms with Crippen LogP contribution in [0.4, 0.5) is 5.69 Å². The molecule has 6 heteroatoms. The Morgan fingerprint density at radius 1 is 1.58 bits per heavy atom. The number of nitrogens with zero attached hydrogens (tertiary/aromatic N) is 2. The molecule has 1 aromatic heterocycles. The average Bonchev–Trinajstić information content (AvgIpc) is 2.35. The van der Waals surface area contributed by atoms with E-state index in [1.165, 1.54) is 4.68 Å². The summed E-state index contributed by atoms with van der Waals surface area (Å²) in [6, 6.07) is 0.277. The number of anilines is 1. The van der Waals surface area contributed by atoms with Gasteiger partial charge in [0.05, 0.1) is 24.0 Å². The lowest BCUT2D eigenvalue weighted by molar-refractivity contribution is 0.0232. The largest absolute Gasteiger partial charge is 0.379 e. The predicted molar refractivity (Wildman–Crippen MR) is 76.0 cm³/mol. The predicted octanol–water partition coefficient (Wildman–Crippen LogP) is 2.46. The van der Waals surface area contributed by atoms with Crippen LogP contribution in [0.25, 0.3) is 0 Å². The van der Waals surface area contributed by atoms with Gasteiger partial charge < -0.3 is 10.1 Å². The Labute approximate surface area is 117 Å². The summed E-state index contributed by atoms with van der Waals surface area (Å²) in [5, 5.41) is 7.66. The maximum atomic E-state index is 12.0. The van der Waals surface area contributed by atoms with Crippen LogP contribution in [0.5, 0.6) is 0 Å². The number of hydrogen-bond acceptors (Lipinski definition) is 4. The zero-order chi connectivity index (χ0) is 14.0. The van der Waals surface area contributed by atoms with Gasteiger partial charge in [0.2, 0.25) is 0 Å². The normalized spacial score (nSPS) is 23.6. The Kier molecular flexibility index (Phi) is 4.47. The third-order valence-electron chi connectivity index (χ3n) is 3.28. The first-order chi connectivity index (χ1) is 8.99. The van der Waals surface area contributed by atoms with E-state index in [0.717, 1.165) is 19.4 Å². The van der Waals surface area contributed by atoms with E-state index in [-0.39, 0.29) is 28.8 Å². The van der Waals surface area contributed by atoms with Crippen LogP contribution in [0.2, 0.25) is 5.02 Å². The molecule has 106 valence electrons. The summed E-state index contributed by atoms with van der Waals surface area (Å²) in [7, 11) is 0. The van der Waals surface area contributed by atoms with E-state index in [0.29, 0.717) is 5.69 Å². The van der Waals surface area contributed by atoms with Gasteiger partial charge in [-0.3, -0.25) is 4.79 Å². The van der Waals surface area contributed by atoms with Crippen LogP contribution in [0.1, 0.15) is 39.7 Å². The van der Waals surface area contributed by atoms with Crippen molar-refractivity contribution in [3.8, 4) is 0 Å². The van der Waals surface area contributed by atoms with E-state index >= 15 is 0 Å². The molecule has 1 aliphatic heterocycles. The molecule has 0 saturated carbocycles. The third kappa shape index (κ3) is 3.28. The molecule has 0 radical (unpaired) electrons. The van der Waals surface area contributed by atoms with Gasteiger partial charge in [-0.15, -0.1) is 0 Å². The van der Waals surface area contributed by atoms with Crippen LogP contribution in [0.15, 0.2) is 11.0 Å². The van der Waals surface area contributed by atoms with Crippen LogP contribution in [-0.4, -0.2) is 28.5 Å². The quantitative estimate of drug-likeness (QED) is 0.927. The molecule has 0 amide bonds. The van der Waals surface area contributed by atoms with E-state index in [1.807, 2.05) is 20.8 Å². The molecule has 0 aromatic carbocycles. The molecule has 2 heterocycles. The van der Waals surface area contributed by atoms with Crippen LogP contribution in [0, 0.1) is 0 Å². The van der Waals surface area contributed by atoms with Crippen molar-refractivity contribution < 1.29 is 4.74 Å². The topological polar surface area (TPSA) is 56.2 Å². The molecule has 1 aromatic rings. The van der Waals surface area contributed by atoms with Crippen molar-refractivity contribution >= 4 is 17.3 Å².